The van der Waals surface area contributed by atoms with Gasteiger partial charge >= 0.3 is 0 Å². The van der Waals surface area contributed by atoms with E-state index in [9.17, 15) is 20.4 Å². The first-order valence-electron chi connectivity index (χ1n) is 10.0. The lowest BCUT2D eigenvalue weighted by Crippen LogP contribution is -2.50. The summed E-state index contributed by atoms with van der Waals surface area (Å²) in [5.74, 6) is 0.0717. The number of rotatable bonds is 2. The van der Waals surface area contributed by atoms with Gasteiger partial charge in [-0.25, -0.2) is 0 Å². The van der Waals surface area contributed by atoms with Crippen LogP contribution in [-0.4, -0.2) is 44.8 Å². The SMILES string of the molecule is C=C1C[C@@H](O)CCC1(C)C1[C@@H](C(C)O)C2CCC(O)C2(C)CC[C@H]1O. The smallest absolute Gasteiger partial charge is 0.0596 e. The van der Waals surface area contributed by atoms with E-state index >= 15 is 0 Å². The molecule has 0 heterocycles. The van der Waals surface area contributed by atoms with Crippen LogP contribution in [0.4, 0.5) is 0 Å². The number of hydrogen-bond acceptors (Lipinski definition) is 4. The van der Waals surface area contributed by atoms with Gasteiger partial charge in [-0.15, -0.1) is 0 Å². The van der Waals surface area contributed by atoms with Crippen molar-refractivity contribution in [1.29, 1.82) is 0 Å². The van der Waals surface area contributed by atoms with Crippen LogP contribution in [-0.2, 0) is 0 Å². The summed E-state index contributed by atoms with van der Waals surface area (Å²) in [5, 5.41) is 42.5. The molecule has 4 heteroatoms. The highest BCUT2D eigenvalue weighted by molar-refractivity contribution is 5.19. The second-order valence-electron chi connectivity index (χ2n) is 9.57. The molecule has 0 bridgehead atoms. The molecule has 3 aliphatic carbocycles. The molecule has 6 unspecified atom stereocenters. The van der Waals surface area contributed by atoms with Gasteiger partial charge in [-0.3, -0.25) is 0 Å². The highest BCUT2D eigenvalue weighted by Gasteiger charge is 2.58. The van der Waals surface area contributed by atoms with Gasteiger partial charge in [0.2, 0.25) is 0 Å². The van der Waals surface area contributed by atoms with E-state index in [1.165, 1.54) is 0 Å². The maximum absolute atomic E-state index is 11.1. The maximum Gasteiger partial charge on any atom is 0.0596 e. The molecular formula is C21H36O4. The molecule has 3 aliphatic rings. The van der Waals surface area contributed by atoms with Crippen molar-refractivity contribution < 1.29 is 20.4 Å². The first-order valence-corrected chi connectivity index (χ1v) is 10.0. The van der Waals surface area contributed by atoms with E-state index in [4.69, 9.17) is 0 Å². The van der Waals surface area contributed by atoms with Crippen LogP contribution >= 0.6 is 0 Å². The lowest BCUT2D eigenvalue weighted by atomic mass is 9.55. The Labute approximate surface area is 152 Å². The highest BCUT2D eigenvalue weighted by atomic mass is 16.3. The number of hydrogen-bond donors (Lipinski definition) is 4. The second kappa shape index (κ2) is 6.63. The zero-order chi connectivity index (χ0) is 18.6. The minimum atomic E-state index is -0.538. The molecule has 0 aromatic heterocycles. The lowest BCUT2D eigenvalue weighted by Gasteiger charge is -2.51. The molecular weight excluding hydrogens is 316 g/mol. The molecule has 4 nitrogen and oxygen atoms in total. The van der Waals surface area contributed by atoms with Gasteiger partial charge in [0.15, 0.2) is 0 Å². The third kappa shape index (κ3) is 2.99. The largest absolute Gasteiger partial charge is 0.393 e. The summed E-state index contributed by atoms with van der Waals surface area (Å²) in [4.78, 5) is 0. The van der Waals surface area contributed by atoms with E-state index in [0.717, 1.165) is 37.7 Å². The summed E-state index contributed by atoms with van der Waals surface area (Å²) in [7, 11) is 0. The van der Waals surface area contributed by atoms with Crippen LogP contribution in [0.5, 0.6) is 0 Å². The highest BCUT2D eigenvalue weighted by Crippen LogP contribution is 2.60. The molecule has 0 radical (unpaired) electrons. The monoisotopic (exact) mass is 352 g/mol. The van der Waals surface area contributed by atoms with E-state index in [1.807, 2.05) is 6.92 Å². The van der Waals surface area contributed by atoms with E-state index in [-0.39, 0.29) is 40.8 Å². The molecule has 9 atom stereocenters. The number of fused-ring (bicyclic) bond motifs is 1. The number of aliphatic hydroxyl groups is 4. The van der Waals surface area contributed by atoms with Gasteiger partial charge in [-0.1, -0.05) is 26.0 Å². The summed E-state index contributed by atoms with van der Waals surface area (Å²) < 4.78 is 0. The average molecular weight is 353 g/mol. The second-order valence-corrected chi connectivity index (χ2v) is 9.57. The van der Waals surface area contributed by atoms with Gasteiger partial charge in [0.05, 0.1) is 24.4 Å². The van der Waals surface area contributed by atoms with Crippen LogP contribution in [0.25, 0.3) is 0 Å². The Hall–Kier alpha value is -0.420. The summed E-state index contributed by atoms with van der Waals surface area (Å²) >= 11 is 0. The predicted octanol–water partition coefficient (Wildman–Crippen LogP) is 2.64. The van der Waals surface area contributed by atoms with Crippen LogP contribution in [0.15, 0.2) is 12.2 Å². The van der Waals surface area contributed by atoms with Crippen molar-refractivity contribution in [3.63, 3.8) is 0 Å². The van der Waals surface area contributed by atoms with Gasteiger partial charge < -0.3 is 20.4 Å². The first kappa shape index (κ1) is 19.3. The molecule has 25 heavy (non-hydrogen) atoms. The molecule has 144 valence electrons. The average Bonchev–Trinajstić information content (AvgIpc) is 2.75. The van der Waals surface area contributed by atoms with E-state index in [2.05, 4.69) is 20.4 Å². The van der Waals surface area contributed by atoms with Crippen LogP contribution < -0.4 is 0 Å². The lowest BCUT2D eigenvalue weighted by molar-refractivity contribution is -0.0790. The number of aliphatic hydroxyl groups excluding tert-OH is 4. The van der Waals surface area contributed by atoms with E-state index in [1.54, 1.807) is 0 Å². The topological polar surface area (TPSA) is 80.9 Å². The summed E-state index contributed by atoms with van der Waals surface area (Å²) in [5.41, 5.74) is 0.491. The molecule has 0 aromatic carbocycles. The molecule has 4 N–H and O–H groups in total. The molecule has 3 rings (SSSR count). The first-order chi connectivity index (χ1) is 11.6. The third-order valence-corrected chi connectivity index (χ3v) is 8.21. The normalized spacial score (nSPS) is 52.5. The van der Waals surface area contributed by atoms with Crippen molar-refractivity contribution in [2.24, 2.45) is 28.6 Å². The van der Waals surface area contributed by atoms with Gasteiger partial charge in [0.1, 0.15) is 0 Å². The van der Waals surface area contributed by atoms with E-state index < -0.39 is 12.2 Å². The molecule has 0 saturated heterocycles. The fourth-order valence-corrected chi connectivity index (χ4v) is 6.52. The maximum atomic E-state index is 11.1. The Morgan fingerprint density at radius 3 is 2.32 bits per heavy atom. The fraction of sp³-hybridized carbons (Fsp3) is 0.905. The fourth-order valence-electron chi connectivity index (χ4n) is 6.52. The minimum absolute atomic E-state index is 0.0587. The standard InChI is InChI=1S/C21H36O4/c1-12-11-14(23)7-9-20(12,3)19-16(24)8-10-21(4)15(5-6-17(21)25)18(19)13(2)22/h13-19,22-25H,1,5-11H2,2-4H3/t13?,14-,15?,16+,17?,18-,19?,20?,21?/m0/s1. The van der Waals surface area contributed by atoms with Gasteiger partial charge in [0.25, 0.3) is 0 Å². The third-order valence-electron chi connectivity index (χ3n) is 8.21. The molecule has 0 aromatic rings. The van der Waals surface area contributed by atoms with Crippen LogP contribution in [0, 0.1) is 28.6 Å². The summed E-state index contributed by atoms with van der Waals surface area (Å²) in [6.07, 6.45) is 3.49. The van der Waals surface area contributed by atoms with Gasteiger partial charge in [-0.05, 0) is 80.5 Å². The van der Waals surface area contributed by atoms with Crippen molar-refractivity contribution in [1.82, 2.24) is 0 Å². The van der Waals surface area contributed by atoms with Crippen molar-refractivity contribution in [3.8, 4) is 0 Å². The van der Waals surface area contributed by atoms with Crippen molar-refractivity contribution in [2.75, 3.05) is 0 Å². The van der Waals surface area contributed by atoms with Crippen LogP contribution in [0.1, 0.15) is 65.7 Å². The van der Waals surface area contributed by atoms with Crippen molar-refractivity contribution >= 4 is 0 Å². The van der Waals surface area contributed by atoms with Crippen molar-refractivity contribution in [2.45, 2.75) is 90.1 Å². The zero-order valence-corrected chi connectivity index (χ0v) is 16.0. The Morgan fingerprint density at radius 1 is 1.04 bits per heavy atom. The van der Waals surface area contributed by atoms with Gasteiger partial charge in [0, 0.05) is 0 Å². The summed E-state index contributed by atoms with van der Waals surface area (Å²) in [6.45, 7) is 10.4. The van der Waals surface area contributed by atoms with E-state index in [0.29, 0.717) is 12.8 Å². The Bertz CT molecular complexity index is 518. The van der Waals surface area contributed by atoms with Crippen molar-refractivity contribution in [3.05, 3.63) is 12.2 Å². The predicted molar refractivity (Wildman–Crippen MR) is 97.8 cm³/mol. The molecule has 0 aliphatic heterocycles. The summed E-state index contributed by atoms with van der Waals surface area (Å²) in [6, 6.07) is 0. The molecule has 0 amide bonds. The quantitative estimate of drug-likeness (QED) is 0.576. The molecule has 0 spiro atoms. The molecule has 3 saturated carbocycles. The Balaban J connectivity index is 2.03. The van der Waals surface area contributed by atoms with Gasteiger partial charge in [-0.2, -0.15) is 0 Å². The molecule has 3 fully saturated rings. The minimum Gasteiger partial charge on any atom is -0.393 e. The Kier molecular flexibility index (Phi) is 5.13. The zero-order valence-electron chi connectivity index (χ0n) is 16.0. The van der Waals surface area contributed by atoms with Crippen LogP contribution in [0.2, 0.25) is 0 Å². The Morgan fingerprint density at radius 2 is 1.72 bits per heavy atom. The van der Waals surface area contributed by atoms with Crippen LogP contribution in [0.3, 0.4) is 0 Å².